The molecular weight excluding hydrogens is 228 g/mol. The molecule has 1 saturated heterocycles. The van der Waals surface area contributed by atoms with Crippen LogP contribution in [0.3, 0.4) is 0 Å². The van der Waals surface area contributed by atoms with Gasteiger partial charge in [0.15, 0.2) is 0 Å². The Morgan fingerprint density at radius 2 is 2.39 bits per heavy atom. The number of nitrogens with one attached hydrogen (secondary N) is 2. The second-order valence-corrected chi connectivity index (χ2v) is 4.52. The number of carbonyl (C=O) groups is 1. The van der Waals surface area contributed by atoms with Crippen LogP contribution in [0.25, 0.3) is 0 Å². The average Bonchev–Trinajstić information content (AvgIpc) is 2.90. The van der Waals surface area contributed by atoms with Crippen LogP contribution in [0.1, 0.15) is 25.3 Å². The van der Waals surface area contributed by atoms with Gasteiger partial charge in [0.1, 0.15) is 0 Å². The van der Waals surface area contributed by atoms with E-state index in [9.17, 15) is 4.79 Å². The minimum absolute atomic E-state index is 0.168. The molecule has 2 amide bonds. The van der Waals surface area contributed by atoms with Crippen molar-refractivity contribution in [1.82, 2.24) is 5.32 Å². The molecule has 2 N–H and O–H groups in total. The van der Waals surface area contributed by atoms with Crippen LogP contribution in [0.15, 0.2) is 24.3 Å². The summed E-state index contributed by atoms with van der Waals surface area (Å²) in [6, 6.07) is 7.72. The third kappa shape index (κ3) is 3.74. The predicted octanol–water partition coefficient (Wildman–Crippen LogP) is 2.55. The van der Waals surface area contributed by atoms with Crippen molar-refractivity contribution in [2.75, 3.05) is 18.5 Å². The molecule has 1 aromatic carbocycles. The molecule has 1 heterocycles. The summed E-state index contributed by atoms with van der Waals surface area (Å²) in [7, 11) is 0. The van der Waals surface area contributed by atoms with Crippen molar-refractivity contribution < 1.29 is 9.53 Å². The highest BCUT2D eigenvalue weighted by atomic mass is 16.5. The maximum absolute atomic E-state index is 11.7. The summed E-state index contributed by atoms with van der Waals surface area (Å²) in [6.45, 7) is 3.49. The summed E-state index contributed by atoms with van der Waals surface area (Å²) in [6.07, 6.45) is 3.27. The molecule has 1 atom stereocenters. The molecule has 2 rings (SSSR count). The first-order valence-electron chi connectivity index (χ1n) is 6.53. The standard InChI is InChI=1S/C14H20N2O2/c1-2-11-5-3-6-12(9-11)16-14(17)15-10-13-7-4-8-18-13/h3,5-6,9,13H,2,4,7-8,10H2,1H3,(H2,15,16,17). The van der Waals surface area contributed by atoms with E-state index < -0.39 is 0 Å². The normalized spacial score (nSPS) is 18.6. The van der Waals surface area contributed by atoms with Gasteiger partial charge in [-0.2, -0.15) is 0 Å². The van der Waals surface area contributed by atoms with Gasteiger partial charge in [0.25, 0.3) is 0 Å². The van der Waals surface area contributed by atoms with E-state index >= 15 is 0 Å². The number of urea groups is 1. The summed E-state index contributed by atoms with van der Waals surface area (Å²) in [5.41, 5.74) is 2.05. The highest BCUT2D eigenvalue weighted by Gasteiger charge is 2.15. The molecule has 98 valence electrons. The van der Waals surface area contributed by atoms with Gasteiger partial charge in [0.05, 0.1) is 6.10 Å². The Morgan fingerprint density at radius 3 is 3.11 bits per heavy atom. The van der Waals surface area contributed by atoms with E-state index in [1.807, 2.05) is 18.2 Å². The summed E-state index contributed by atoms with van der Waals surface area (Å²) in [5, 5.41) is 5.67. The fraction of sp³-hybridized carbons (Fsp3) is 0.500. The molecule has 1 aromatic rings. The summed E-state index contributed by atoms with van der Waals surface area (Å²) in [5.74, 6) is 0. The Balaban J connectivity index is 1.78. The molecule has 4 heteroatoms. The van der Waals surface area contributed by atoms with E-state index in [0.29, 0.717) is 6.54 Å². The van der Waals surface area contributed by atoms with Gasteiger partial charge in [0, 0.05) is 18.8 Å². The Kier molecular flexibility index (Phi) is 4.59. The third-order valence-corrected chi connectivity index (χ3v) is 3.11. The topological polar surface area (TPSA) is 50.4 Å². The number of benzene rings is 1. The van der Waals surface area contributed by atoms with Crippen molar-refractivity contribution in [2.45, 2.75) is 32.3 Å². The molecule has 4 nitrogen and oxygen atoms in total. The number of anilines is 1. The van der Waals surface area contributed by atoms with Gasteiger partial charge >= 0.3 is 6.03 Å². The van der Waals surface area contributed by atoms with Crippen LogP contribution in [0.5, 0.6) is 0 Å². The number of hydrogen-bond donors (Lipinski definition) is 2. The van der Waals surface area contributed by atoms with Crippen LogP contribution < -0.4 is 10.6 Å². The monoisotopic (exact) mass is 248 g/mol. The predicted molar refractivity (Wildman–Crippen MR) is 71.8 cm³/mol. The first-order valence-corrected chi connectivity index (χ1v) is 6.53. The van der Waals surface area contributed by atoms with Gasteiger partial charge < -0.3 is 15.4 Å². The van der Waals surface area contributed by atoms with Crippen LogP contribution in [-0.4, -0.2) is 25.3 Å². The molecule has 0 bridgehead atoms. The number of amides is 2. The maximum atomic E-state index is 11.7. The van der Waals surface area contributed by atoms with Gasteiger partial charge in [-0.1, -0.05) is 19.1 Å². The average molecular weight is 248 g/mol. The molecule has 1 unspecified atom stereocenters. The van der Waals surface area contributed by atoms with Gasteiger partial charge in [-0.15, -0.1) is 0 Å². The van der Waals surface area contributed by atoms with Crippen LogP contribution in [-0.2, 0) is 11.2 Å². The molecule has 18 heavy (non-hydrogen) atoms. The Labute approximate surface area is 108 Å². The zero-order chi connectivity index (χ0) is 12.8. The highest BCUT2D eigenvalue weighted by Crippen LogP contribution is 2.12. The number of carbonyl (C=O) groups excluding carboxylic acids is 1. The first-order chi connectivity index (χ1) is 8.78. The maximum Gasteiger partial charge on any atom is 0.319 e. The lowest BCUT2D eigenvalue weighted by molar-refractivity contribution is 0.112. The van der Waals surface area contributed by atoms with Crippen molar-refractivity contribution in [3.8, 4) is 0 Å². The lowest BCUT2D eigenvalue weighted by atomic mass is 10.1. The Bertz CT molecular complexity index is 401. The van der Waals surface area contributed by atoms with E-state index in [0.717, 1.165) is 31.6 Å². The van der Waals surface area contributed by atoms with Gasteiger partial charge in [-0.05, 0) is 37.0 Å². The van der Waals surface area contributed by atoms with E-state index in [1.54, 1.807) is 0 Å². The molecule has 0 radical (unpaired) electrons. The molecule has 0 aromatic heterocycles. The van der Waals surface area contributed by atoms with Gasteiger partial charge in [0.2, 0.25) is 0 Å². The Morgan fingerprint density at radius 1 is 1.50 bits per heavy atom. The molecule has 1 fully saturated rings. The van der Waals surface area contributed by atoms with Crippen molar-refractivity contribution in [2.24, 2.45) is 0 Å². The zero-order valence-corrected chi connectivity index (χ0v) is 10.7. The van der Waals surface area contributed by atoms with E-state index in [2.05, 4.69) is 23.6 Å². The summed E-state index contributed by atoms with van der Waals surface area (Å²) < 4.78 is 5.45. The minimum Gasteiger partial charge on any atom is -0.376 e. The second-order valence-electron chi connectivity index (χ2n) is 4.52. The van der Waals surface area contributed by atoms with Crippen molar-refractivity contribution in [1.29, 1.82) is 0 Å². The largest absolute Gasteiger partial charge is 0.376 e. The lowest BCUT2D eigenvalue weighted by Crippen LogP contribution is -2.35. The molecule has 0 aliphatic carbocycles. The number of aryl methyl sites for hydroxylation is 1. The minimum atomic E-state index is -0.168. The molecular formula is C14H20N2O2. The summed E-state index contributed by atoms with van der Waals surface area (Å²) in [4.78, 5) is 11.7. The van der Waals surface area contributed by atoms with Crippen molar-refractivity contribution in [3.05, 3.63) is 29.8 Å². The van der Waals surface area contributed by atoms with Crippen LogP contribution in [0.4, 0.5) is 10.5 Å². The molecule has 0 saturated carbocycles. The highest BCUT2D eigenvalue weighted by molar-refractivity contribution is 5.89. The fourth-order valence-electron chi connectivity index (χ4n) is 2.06. The third-order valence-electron chi connectivity index (χ3n) is 3.11. The SMILES string of the molecule is CCc1cccc(NC(=O)NCC2CCCO2)c1. The number of hydrogen-bond acceptors (Lipinski definition) is 2. The number of rotatable bonds is 4. The van der Waals surface area contributed by atoms with Crippen LogP contribution >= 0.6 is 0 Å². The van der Waals surface area contributed by atoms with E-state index in [-0.39, 0.29) is 12.1 Å². The summed E-state index contributed by atoms with van der Waals surface area (Å²) >= 11 is 0. The van der Waals surface area contributed by atoms with Crippen molar-refractivity contribution in [3.63, 3.8) is 0 Å². The number of ether oxygens (including phenoxy) is 1. The molecule has 1 aliphatic rings. The molecule has 1 aliphatic heterocycles. The van der Waals surface area contributed by atoms with E-state index in [1.165, 1.54) is 5.56 Å². The fourth-order valence-corrected chi connectivity index (χ4v) is 2.06. The van der Waals surface area contributed by atoms with Crippen LogP contribution in [0.2, 0.25) is 0 Å². The van der Waals surface area contributed by atoms with Crippen LogP contribution in [0, 0.1) is 0 Å². The first kappa shape index (κ1) is 12.9. The zero-order valence-electron chi connectivity index (χ0n) is 10.7. The molecule has 0 spiro atoms. The smallest absolute Gasteiger partial charge is 0.319 e. The quantitative estimate of drug-likeness (QED) is 0.860. The Hall–Kier alpha value is -1.55. The van der Waals surface area contributed by atoms with E-state index in [4.69, 9.17) is 4.74 Å². The lowest BCUT2D eigenvalue weighted by Gasteiger charge is -2.12. The van der Waals surface area contributed by atoms with Gasteiger partial charge in [-0.3, -0.25) is 0 Å². The van der Waals surface area contributed by atoms with Crippen molar-refractivity contribution >= 4 is 11.7 Å². The second kappa shape index (κ2) is 6.40. The van der Waals surface area contributed by atoms with Gasteiger partial charge in [-0.25, -0.2) is 4.79 Å².